The molecular weight excluding hydrogens is 404 g/mol. The fourth-order valence-corrected chi connectivity index (χ4v) is 4.21. The lowest BCUT2D eigenvalue weighted by Gasteiger charge is -2.34. The SMILES string of the molecule is Cc1cc(OC(=O)OCC(C)C)cc(C)c1C[C@H](N)C(=O)N1CC(C)Cc2ccccc21. The van der Waals surface area contributed by atoms with Crippen LogP contribution < -0.4 is 15.4 Å². The minimum atomic E-state index is -0.713. The van der Waals surface area contributed by atoms with Gasteiger partial charge in [-0.25, -0.2) is 4.79 Å². The van der Waals surface area contributed by atoms with E-state index in [0.717, 1.165) is 28.8 Å². The van der Waals surface area contributed by atoms with E-state index >= 15 is 0 Å². The van der Waals surface area contributed by atoms with Crippen LogP contribution >= 0.6 is 0 Å². The maximum Gasteiger partial charge on any atom is 0.513 e. The molecule has 2 aromatic carbocycles. The summed E-state index contributed by atoms with van der Waals surface area (Å²) in [7, 11) is 0. The van der Waals surface area contributed by atoms with Crippen LogP contribution in [-0.4, -0.2) is 31.3 Å². The lowest BCUT2D eigenvalue weighted by atomic mass is 9.92. The van der Waals surface area contributed by atoms with Crippen LogP contribution in [-0.2, 0) is 22.4 Å². The molecule has 6 heteroatoms. The van der Waals surface area contributed by atoms with Crippen molar-refractivity contribution in [3.63, 3.8) is 0 Å². The van der Waals surface area contributed by atoms with Crippen LogP contribution in [0.5, 0.6) is 5.75 Å². The number of carbonyl (C=O) groups is 2. The Kier molecular flexibility index (Phi) is 7.56. The summed E-state index contributed by atoms with van der Waals surface area (Å²) in [4.78, 5) is 27.0. The van der Waals surface area contributed by atoms with Gasteiger partial charge in [-0.15, -0.1) is 0 Å². The highest BCUT2D eigenvalue weighted by Gasteiger charge is 2.30. The van der Waals surface area contributed by atoms with Gasteiger partial charge in [0.25, 0.3) is 0 Å². The summed E-state index contributed by atoms with van der Waals surface area (Å²) in [6.07, 6.45) is 0.672. The number of rotatable bonds is 6. The Morgan fingerprint density at radius 3 is 2.47 bits per heavy atom. The van der Waals surface area contributed by atoms with E-state index in [1.54, 1.807) is 12.1 Å². The van der Waals surface area contributed by atoms with Gasteiger partial charge in [-0.3, -0.25) is 4.79 Å². The average Bonchev–Trinajstić information content (AvgIpc) is 2.73. The van der Waals surface area contributed by atoms with Crippen LogP contribution in [0.3, 0.4) is 0 Å². The zero-order chi connectivity index (χ0) is 23.4. The van der Waals surface area contributed by atoms with E-state index in [1.807, 2.05) is 50.8 Å². The zero-order valence-corrected chi connectivity index (χ0v) is 19.7. The number of hydrogen-bond acceptors (Lipinski definition) is 5. The second-order valence-corrected chi connectivity index (χ2v) is 9.29. The normalized spacial score (nSPS) is 16.5. The Labute approximate surface area is 190 Å². The Bertz CT molecular complexity index is 963. The van der Waals surface area contributed by atoms with Crippen LogP contribution in [0.15, 0.2) is 36.4 Å². The molecule has 0 aromatic heterocycles. The number of fused-ring (bicyclic) bond motifs is 1. The first-order chi connectivity index (χ1) is 15.2. The van der Waals surface area contributed by atoms with Crippen molar-refractivity contribution in [2.45, 2.75) is 53.5 Å². The van der Waals surface area contributed by atoms with Crippen LogP contribution in [0, 0.1) is 25.7 Å². The first-order valence-electron chi connectivity index (χ1n) is 11.2. The van der Waals surface area contributed by atoms with Gasteiger partial charge in [0.2, 0.25) is 5.91 Å². The number of ether oxygens (including phenoxy) is 2. The standard InChI is InChI=1S/C26H34N2O4/c1-16(2)15-31-26(30)32-21-11-18(4)22(19(5)12-21)13-23(27)25(29)28-14-17(3)10-20-8-6-7-9-24(20)28/h6-9,11-12,16-17,23H,10,13-15,27H2,1-5H3/t17?,23-/m0/s1. The summed E-state index contributed by atoms with van der Waals surface area (Å²) in [6, 6.07) is 11.0. The van der Waals surface area contributed by atoms with Crippen LogP contribution in [0.1, 0.15) is 43.0 Å². The predicted molar refractivity (Wildman–Crippen MR) is 126 cm³/mol. The van der Waals surface area contributed by atoms with Crippen molar-refractivity contribution in [1.82, 2.24) is 0 Å². The molecular formula is C26H34N2O4. The minimum absolute atomic E-state index is 0.0691. The third kappa shape index (κ3) is 5.68. The number of hydrogen-bond donors (Lipinski definition) is 1. The van der Waals surface area contributed by atoms with Crippen molar-refractivity contribution in [3.05, 3.63) is 58.7 Å². The fraction of sp³-hybridized carbons (Fsp3) is 0.462. The number of aryl methyl sites for hydroxylation is 2. The van der Waals surface area contributed by atoms with E-state index in [1.165, 1.54) is 5.56 Å². The molecule has 1 amide bonds. The molecule has 172 valence electrons. The number of para-hydroxylation sites is 1. The number of amides is 1. The van der Waals surface area contributed by atoms with Gasteiger partial charge in [-0.2, -0.15) is 0 Å². The lowest BCUT2D eigenvalue weighted by Crippen LogP contribution is -2.48. The monoisotopic (exact) mass is 438 g/mol. The van der Waals surface area contributed by atoms with Crippen LogP contribution in [0.2, 0.25) is 0 Å². The molecule has 3 rings (SSSR count). The van der Waals surface area contributed by atoms with Crippen molar-refractivity contribution in [2.75, 3.05) is 18.1 Å². The summed E-state index contributed by atoms with van der Waals surface area (Å²) in [5.74, 6) is 0.982. The van der Waals surface area contributed by atoms with Gasteiger partial charge in [0.05, 0.1) is 12.6 Å². The van der Waals surface area contributed by atoms with Gasteiger partial charge >= 0.3 is 6.16 Å². The highest BCUT2D eigenvalue weighted by molar-refractivity contribution is 5.98. The molecule has 0 aliphatic carbocycles. The van der Waals surface area contributed by atoms with E-state index in [4.69, 9.17) is 15.2 Å². The Morgan fingerprint density at radius 1 is 1.16 bits per heavy atom. The number of nitrogens with two attached hydrogens (primary N) is 1. The zero-order valence-electron chi connectivity index (χ0n) is 19.7. The number of nitrogens with zero attached hydrogens (tertiary/aromatic N) is 1. The summed E-state index contributed by atoms with van der Waals surface area (Å²) in [5.41, 5.74) is 11.4. The molecule has 1 aliphatic rings. The lowest BCUT2D eigenvalue weighted by molar-refractivity contribution is -0.120. The molecule has 6 nitrogen and oxygen atoms in total. The molecule has 2 N–H and O–H groups in total. The van der Waals surface area contributed by atoms with Crippen molar-refractivity contribution in [2.24, 2.45) is 17.6 Å². The molecule has 1 heterocycles. The number of anilines is 1. The summed E-state index contributed by atoms with van der Waals surface area (Å²) >= 11 is 0. The van der Waals surface area contributed by atoms with Gasteiger partial charge in [0, 0.05) is 12.2 Å². The fourth-order valence-electron chi connectivity index (χ4n) is 4.21. The van der Waals surface area contributed by atoms with Crippen molar-refractivity contribution < 1.29 is 19.1 Å². The van der Waals surface area contributed by atoms with E-state index in [9.17, 15) is 9.59 Å². The molecule has 2 aromatic rings. The van der Waals surface area contributed by atoms with Crippen molar-refractivity contribution in [3.8, 4) is 5.75 Å². The molecule has 0 saturated carbocycles. The van der Waals surface area contributed by atoms with Gasteiger partial charge in [-0.1, -0.05) is 39.0 Å². The third-order valence-electron chi connectivity index (χ3n) is 5.76. The van der Waals surface area contributed by atoms with Crippen LogP contribution in [0.4, 0.5) is 10.5 Å². The minimum Gasteiger partial charge on any atom is -0.434 e. The maximum absolute atomic E-state index is 13.3. The molecule has 0 spiro atoms. The van der Waals surface area contributed by atoms with Gasteiger partial charge in [-0.05, 0) is 79.0 Å². The van der Waals surface area contributed by atoms with E-state index < -0.39 is 12.2 Å². The summed E-state index contributed by atoms with van der Waals surface area (Å²) < 4.78 is 10.4. The Morgan fingerprint density at radius 2 is 1.81 bits per heavy atom. The quantitative estimate of drug-likeness (QED) is 0.528. The molecule has 1 unspecified atom stereocenters. The largest absolute Gasteiger partial charge is 0.513 e. The highest BCUT2D eigenvalue weighted by atomic mass is 16.7. The molecule has 0 saturated heterocycles. The molecule has 1 aliphatic heterocycles. The second kappa shape index (κ2) is 10.2. The van der Waals surface area contributed by atoms with Crippen molar-refractivity contribution in [1.29, 1.82) is 0 Å². The molecule has 0 radical (unpaired) electrons. The van der Waals surface area contributed by atoms with Crippen LogP contribution in [0.25, 0.3) is 0 Å². The van der Waals surface area contributed by atoms with Gasteiger partial charge in [0.1, 0.15) is 5.75 Å². The van der Waals surface area contributed by atoms with Crippen molar-refractivity contribution >= 4 is 17.7 Å². The maximum atomic E-state index is 13.3. The number of carbonyl (C=O) groups excluding carboxylic acids is 2. The topological polar surface area (TPSA) is 81.9 Å². The van der Waals surface area contributed by atoms with Gasteiger partial charge < -0.3 is 20.1 Å². The highest BCUT2D eigenvalue weighted by Crippen LogP contribution is 2.30. The molecule has 0 fully saturated rings. The first kappa shape index (κ1) is 23.8. The van der Waals surface area contributed by atoms with E-state index in [2.05, 4.69) is 13.0 Å². The first-order valence-corrected chi connectivity index (χ1v) is 11.2. The Balaban J connectivity index is 1.72. The molecule has 0 bridgehead atoms. The predicted octanol–water partition coefficient (Wildman–Crippen LogP) is 4.57. The second-order valence-electron chi connectivity index (χ2n) is 9.29. The summed E-state index contributed by atoms with van der Waals surface area (Å²) in [6.45, 7) is 10.9. The Hall–Kier alpha value is -2.86. The summed E-state index contributed by atoms with van der Waals surface area (Å²) in [5, 5.41) is 0. The third-order valence-corrected chi connectivity index (χ3v) is 5.76. The molecule has 2 atom stereocenters. The smallest absolute Gasteiger partial charge is 0.434 e. The average molecular weight is 439 g/mol. The molecule has 32 heavy (non-hydrogen) atoms. The van der Waals surface area contributed by atoms with Gasteiger partial charge in [0.15, 0.2) is 0 Å². The number of benzene rings is 2. The van der Waals surface area contributed by atoms with E-state index in [0.29, 0.717) is 31.2 Å². The van der Waals surface area contributed by atoms with E-state index in [-0.39, 0.29) is 11.8 Å².